The molecule has 0 radical (unpaired) electrons. The van der Waals surface area contributed by atoms with Crippen LogP contribution in [0.25, 0.3) is 0 Å². The number of nitrogens with zero attached hydrogens (tertiary/aromatic N) is 1. The lowest BCUT2D eigenvalue weighted by Gasteiger charge is -2.46. The van der Waals surface area contributed by atoms with Crippen LogP contribution in [0.2, 0.25) is 0 Å². The van der Waals surface area contributed by atoms with E-state index in [0.29, 0.717) is 5.56 Å². The molecule has 0 aliphatic carbocycles. The van der Waals surface area contributed by atoms with Crippen LogP contribution < -0.4 is 15.5 Å². The van der Waals surface area contributed by atoms with Crippen molar-refractivity contribution in [3.8, 4) is 0 Å². The number of hydrogen-bond donors (Lipinski definition) is 3. The number of carbonyl (C=O) groups excluding carboxylic acids is 1. The largest absolute Gasteiger partial charge is 0.390 e. The van der Waals surface area contributed by atoms with Crippen molar-refractivity contribution in [3.63, 3.8) is 0 Å². The van der Waals surface area contributed by atoms with Gasteiger partial charge in [0.25, 0.3) is 0 Å². The summed E-state index contributed by atoms with van der Waals surface area (Å²) in [5, 5.41) is 17.3. The predicted molar refractivity (Wildman–Crippen MR) is 141 cm³/mol. The second-order valence-electron chi connectivity index (χ2n) is 12.0. The average Bonchev–Trinajstić information content (AvgIpc) is 2.72. The summed E-state index contributed by atoms with van der Waals surface area (Å²) in [4.78, 5) is 14.1. The summed E-state index contributed by atoms with van der Waals surface area (Å²) in [6.45, 7) is 12.6. The van der Waals surface area contributed by atoms with E-state index in [2.05, 4.69) is 75.4 Å². The van der Waals surface area contributed by atoms with Crippen molar-refractivity contribution >= 4 is 11.6 Å². The zero-order chi connectivity index (χ0) is 26.8. The topological polar surface area (TPSA) is 64.6 Å². The Morgan fingerprint density at radius 2 is 1.78 bits per heavy atom. The number of amides is 1. The molecular weight excluding hydrogens is 460 g/mol. The Labute approximate surface area is 214 Å². The van der Waals surface area contributed by atoms with Crippen molar-refractivity contribution in [3.05, 3.63) is 64.7 Å². The highest BCUT2D eigenvalue weighted by Gasteiger charge is 2.36. The highest BCUT2D eigenvalue weighted by Crippen LogP contribution is 2.42. The summed E-state index contributed by atoms with van der Waals surface area (Å²) in [6, 6.07) is 9.21. The first-order valence-corrected chi connectivity index (χ1v) is 12.6. The quantitative estimate of drug-likeness (QED) is 0.481. The van der Waals surface area contributed by atoms with Gasteiger partial charge in [0.1, 0.15) is 11.6 Å². The van der Waals surface area contributed by atoms with Crippen LogP contribution in [0, 0.1) is 17.0 Å². The minimum absolute atomic E-state index is 0.00496. The number of carbonyl (C=O) groups is 1. The highest BCUT2D eigenvalue weighted by molar-refractivity contribution is 5.73. The second-order valence-corrected chi connectivity index (χ2v) is 12.0. The second kappa shape index (κ2) is 10.9. The maximum atomic E-state index is 13.7. The molecule has 0 unspecified atom stereocenters. The van der Waals surface area contributed by atoms with Gasteiger partial charge in [-0.05, 0) is 73.4 Å². The van der Waals surface area contributed by atoms with Crippen molar-refractivity contribution in [2.24, 2.45) is 5.41 Å². The molecule has 2 aromatic rings. The van der Waals surface area contributed by atoms with Gasteiger partial charge >= 0.3 is 0 Å². The van der Waals surface area contributed by atoms with E-state index in [4.69, 9.17) is 0 Å². The van der Waals surface area contributed by atoms with Gasteiger partial charge in [-0.1, -0.05) is 32.9 Å². The Morgan fingerprint density at radius 3 is 2.36 bits per heavy atom. The van der Waals surface area contributed by atoms with Gasteiger partial charge < -0.3 is 20.6 Å². The molecule has 5 nitrogen and oxygen atoms in total. The molecule has 1 amide bonds. The summed E-state index contributed by atoms with van der Waals surface area (Å²) in [7, 11) is 2.11. The van der Waals surface area contributed by atoms with E-state index in [0.717, 1.165) is 24.6 Å². The highest BCUT2D eigenvalue weighted by atomic mass is 19.1. The summed E-state index contributed by atoms with van der Waals surface area (Å²) in [6.07, 6.45) is 0.950. The number of anilines is 1. The minimum atomic E-state index is -0.954. The van der Waals surface area contributed by atoms with Crippen LogP contribution in [-0.2, 0) is 17.6 Å². The fraction of sp³-hybridized carbons (Fsp3) is 0.552. The van der Waals surface area contributed by atoms with Crippen LogP contribution in [0.4, 0.5) is 14.5 Å². The molecule has 1 aliphatic rings. The molecule has 3 rings (SSSR count). The molecule has 3 atom stereocenters. The van der Waals surface area contributed by atoms with Crippen LogP contribution in [0.5, 0.6) is 0 Å². The van der Waals surface area contributed by atoms with Gasteiger partial charge in [0, 0.05) is 43.9 Å². The number of nitrogens with one attached hydrogen (secondary N) is 2. The number of aliphatic hydroxyl groups is 1. The average molecular weight is 502 g/mol. The van der Waals surface area contributed by atoms with Crippen LogP contribution in [0.3, 0.4) is 0 Å². The molecule has 0 fully saturated rings. The first kappa shape index (κ1) is 28.1. The lowest BCUT2D eigenvalue weighted by Crippen LogP contribution is -2.52. The SMILES string of the molecule is CC(=O)N[C@@H](Cc1cc(F)cc(F)c1)[C@@H](O)CN[C@H]1CC(C)(C)N(C)c2ccc(CC(C)(C)C)cc21. The molecule has 198 valence electrons. The third-order valence-electron chi connectivity index (χ3n) is 6.98. The van der Waals surface area contributed by atoms with Gasteiger partial charge in [0.15, 0.2) is 0 Å². The third kappa shape index (κ3) is 7.26. The van der Waals surface area contributed by atoms with Crippen molar-refractivity contribution < 1.29 is 18.7 Å². The van der Waals surface area contributed by atoms with E-state index in [1.54, 1.807) is 0 Å². The zero-order valence-corrected chi connectivity index (χ0v) is 22.6. The van der Waals surface area contributed by atoms with Crippen molar-refractivity contribution in [1.82, 2.24) is 10.6 Å². The molecule has 0 saturated carbocycles. The summed E-state index contributed by atoms with van der Waals surface area (Å²) < 4.78 is 27.4. The van der Waals surface area contributed by atoms with E-state index < -0.39 is 23.8 Å². The molecule has 0 bridgehead atoms. The fourth-order valence-electron chi connectivity index (χ4n) is 5.10. The Bertz CT molecular complexity index is 1060. The fourth-order valence-corrected chi connectivity index (χ4v) is 5.10. The number of rotatable bonds is 8. The van der Waals surface area contributed by atoms with Gasteiger partial charge in [0.2, 0.25) is 5.91 Å². The zero-order valence-electron chi connectivity index (χ0n) is 22.6. The van der Waals surface area contributed by atoms with Crippen LogP contribution in [0.15, 0.2) is 36.4 Å². The lowest BCUT2D eigenvalue weighted by molar-refractivity contribution is -0.120. The molecule has 3 N–H and O–H groups in total. The first-order chi connectivity index (χ1) is 16.6. The van der Waals surface area contributed by atoms with Crippen molar-refractivity contribution in [2.75, 3.05) is 18.5 Å². The monoisotopic (exact) mass is 501 g/mol. The predicted octanol–water partition coefficient (Wildman–Crippen LogP) is 4.91. The van der Waals surface area contributed by atoms with E-state index >= 15 is 0 Å². The molecule has 7 heteroatoms. The van der Waals surface area contributed by atoms with Crippen LogP contribution in [-0.4, -0.2) is 42.3 Å². The van der Waals surface area contributed by atoms with Crippen LogP contribution >= 0.6 is 0 Å². The molecule has 0 saturated heterocycles. The number of benzene rings is 2. The molecule has 0 aromatic heterocycles. The Balaban J connectivity index is 1.81. The van der Waals surface area contributed by atoms with E-state index in [1.807, 2.05) is 0 Å². The Hall–Kier alpha value is -2.51. The first-order valence-electron chi connectivity index (χ1n) is 12.6. The molecule has 0 spiro atoms. The Kier molecular flexibility index (Phi) is 8.46. The maximum absolute atomic E-state index is 13.7. The molecule has 2 aromatic carbocycles. The number of aliphatic hydroxyl groups excluding tert-OH is 1. The van der Waals surface area contributed by atoms with Gasteiger partial charge in [-0.25, -0.2) is 8.78 Å². The Morgan fingerprint density at radius 1 is 1.14 bits per heavy atom. The lowest BCUT2D eigenvalue weighted by atomic mass is 9.81. The van der Waals surface area contributed by atoms with E-state index in [-0.39, 0.29) is 35.9 Å². The number of hydrogen-bond acceptors (Lipinski definition) is 4. The summed E-state index contributed by atoms with van der Waals surface area (Å²) >= 11 is 0. The van der Waals surface area contributed by atoms with Gasteiger partial charge in [-0.2, -0.15) is 0 Å². The van der Waals surface area contributed by atoms with Gasteiger partial charge in [-0.15, -0.1) is 0 Å². The standard InChI is InChI=1S/C29H41F2N3O2/c1-18(35)33-24(13-20-10-21(30)14-22(31)11-20)27(36)17-32-25-16-29(5,6)34(7)26-9-8-19(12-23(25)26)15-28(2,3)4/h8-12,14,24-25,27,32,36H,13,15-17H2,1-7H3,(H,33,35)/t24-,25-,27-/m0/s1. The molecule has 1 heterocycles. The van der Waals surface area contributed by atoms with Gasteiger partial charge in [0.05, 0.1) is 12.1 Å². The van der Waals surface area contributed by atoms with Crippen LogP contribution in [0.1, 0.15) is 70.7 Å². The maximum Gasteiger partial charge on any atom is 0.217 e. The van der Waals surface area contributed by atoms with E-state index in [9.17, 15) is 18.7 Å². The van der Waals surface area contributed by atoms with Crippen molar-refractivity contribution in [1.29, 1.82) is 0 Å². The normalized spacial score (nSPS) is 18.9. The number of halogens is 2. The summed E-state index contributed by atoms with van der Waals surface area (Å²) in [5.41, 5.74) is 4.05. The summed E-state index contributed by atoms with van der Waals surface area (Å²) in [5.74, 6) is -1.68. The van der Waals surface area contributed by atoms with Crippen molar-refractivity contribution in [2.45, 2.75) is 84.5 Å². The van der Waals surface area contributed by atoms with E-state index in [1.165, 1.54) is 30.2 Å². The smallest absolute Gasteiger partial charge is 0.217 e. The molecule has 1 aliphatic heterocycles. The minimum Gasteiger partial charge on any atom is -0.390 e. The van der Waals surface area contributed by atoms with Gasteiger partial charge in [-0.3, -0.25) is 4.79 Å². The third-order valence-corrected chi connectivity index (χ3v) is 6.98. The number of fused-ring (bicyclic) bond motifs is 1. The molecular formula is C29H41F2N3O2. The molecule has 36 heavy (non-hydrogen) atoms.